The Kier molecular flexibility index (Phi) is 8.31. The number of rotatable bonds is 8. The van der Waals surface area contributed by atoms with Crippen LogP contribution in [-0.2, 0) is 14.4 Å². The molecule has 0 aromatic heterocycles. The smallest absolute Gasteiger partial charge is 0.343 e. The van der Waals surface area contributed by atoms with Crippen molar-refractivity contribution >= 4 is 58.5 Å². The van der Waals surface area contributed by atoms with Crippen molar-refractivity contribution in [3.05, 3.63) is 119 Å². The molecule has 1 heterocycles. The second-order valence-corrected chi connectivity index (χ2v) is 9.44. The number of para-hydroxylation sites is 3. The van der Waals surface area contributed by atoms with Crippen LogP contribution in [0.3, 0.4) is 0 Å². The lowest BCUT2D eigenvalue weighted by Gasteiger charge is -2.34. The van der Waals surface area contributed by atoms with Gasteiger partial charge in [-0.3, -0.25) is 14.4 Å². The van der Waals surface area contributed by atoms with Gasteiger partial charge >= 0.3 is 6.03 Å². The Morgan fingerprint density at radius 1 is 0.810 bits per heavy atom. The molecule has 10 heteroatoms. The number of methoxy groups -OCH3 is 1. The molecule has 0 unspecified atom stereocenters. The predicted octanol–water partition coefficient (Wildman–Crippen LogP) is 5.95. The summed E-state index contributed by atoms with van der Waals surface area (Å²) in [6, 6.07) is 27.8. The largest absolute Gasteiger partial charge is 0.493 e. The van der Waals surface area contributed by atoms with E-state index in [9.17, 15) is 19.2 Å². The first-order valence-corrected chi connectivity index (χ1v) is 13.1. The van der Waals surface area contributed by atoms with E-state index in [4.69, 9.17) is 21.1 Å². The monoisotopic (exact) mass is 581 g/mol. The lowest BCUT2D eigenvalue weighted by Crippen LogP contribution is -2.57. The Balaban J connectivity index is 1.47. The van der Waals surface area contributed by atoms with E-state index in [0.29, 0.717) is 22.6 Å². The van der Waals surface area contributed by atoms with Crippen LogP contribution in [-0.4, -0.2) is 37.5 Å². The number of urea groups is 1. The van der Waals surface area contributed by atoms with Crippen LogP contribution in [0.5, 0.6) is 11.5 Å². The summed E-state index contributed by atoms with van der Waals surface area (Å²) in [7, 11) is 1.39. The highest BCUT2D eigenvalue weighted by Gasteiger charge is 2.43. The number of carbonyl (C=O) groups is 4. The first kappa shape index (κ1) is 28.1. The molecule has 0 atom stereocenters. The quantitative estimate of drug-likeness (QED) is 0.204. The summed E-state index contributed by atoms with van der Waals surface area (Å²) in [6.45, 7) is -0.345. The van der Waals surface area contributed by atoms with Gasteiger partial charge < -0.3 is 14.8 Å². The van der Waals surface area contributed by atoms with Crippen molar-refractivity contribution in [1.29, 1.82) is 0 Å². The van der Waals surface area contributed by atoms with E-state index in [0.717, 1.165) is 9.80 Å². The summed E-state index contributed by atoms with van der Waals surface area (Å²) in [4.78, 5) is 55.0. The van der Waals surface area contributed by atoms with Crippen molar-refractivity contribution in [1.82, 2.24) is 0 Å². The summed E-state index contributed by atoms with van der Waals surface area (Å²) in [5, 5.41) is 2.80. The summed E-state index contributed by atoms with van der Waals surface area (Å²) < 4.78 is 11.1. The van der Waals surface area contributed by atoms with Crippen LogP contribution in [0.25, 0.3) is 6.08 Å². The Labute approximate surface area is 246 Å². The van der Waals surface area contributed by atoms with Crippen molar-refractivity contribution in [2.75, 3.05) is 28.8 Å². The van der Waals surface area contributed by atoms with Gasteiger partial charge in [-0.1, -0.05) is 66.2 Å². The molecule has 9 nitrogen and oxygen atoms in total. The maximum atomic E-state index is 13.6. The van der Waals surface area contributed by atoms with Gasteiger partial charge in [-0.15, -0.1) is 0 Å². The van der Waals surface area contributed by atoms with Crippen molar-refractivity contribution in [3.63, 3.8) is 0 Å². The van der Waals surface area contributed by atoms with Crippen molar-refractivity contribution < 1.29 is 28.7 Å². The standard InChI is InChI=1S/C32H24ClN3O6/c1-41-27-19-21(18-26(33)29(27)42-20-28(37)34-22-11-5-2-6-12-22)17-25-30(38)35(23-13-7-3-8-14-23)32(40)36(31(25)39)24-15-9-4-10-16-24/h2-19H,20H2,1H3,(H,34,37). The summed E-state index contributed by atoms with van der Waals surface area (Å²) in [6.07, 6.45) is 1.34. The van der Waals surface area contributed by atoms with Gasteiger partial charge in [0.1, 0.15) is 5.57 Å². The average Bonchev–Trinajstić information content (AvgIpc) is 3.00. The van der Waals surface area contributed by atoms with Gasteiger partial charge in [-0.25, -0.2) is 14.6 Å². The third kappa shape index (κ3) is 5.86. The lowest BCUT2D eigenvalue weighted by atomic mass is 10.0. The van der Waals surface area contributed by atoms with Gasteiger partial charge in [0.2, 0.25) is 0 Å². The number of barbiturate groups is 1. The maximum absolute atomic E-state index is 13.6. The number of halogens is 1. The topological polar surface area (TPSA) is 105 Å². The molecule has 4 aromatic rings. The third-order valence-corrected chi connectivity index (χ3v) is 6.53. The highest BCUT2D eigenvalue weighted by molar-refractivity contribution is 6.46. The van der Waals surface area contributed by atoms with E-state index < -0.39 is 23.8 Å². The third-order valence-electron chi connectivity index (χ3n) is 6.25. The molecule has 1 saturated heterocycles. The summed E-state index contributed by atoms with van der Waals surface area (Å²) in [5.41, 5.74) is 1.29. The molecule has 5 rings (SSSR count). The molecule has 1 fully saturated rings. The molecule has 5 amide bonds. The summed E-state index contributed by atoms with van der Waals surface area (Å²) >= 11 is 6.51. The molecule has 0 aliphatic carbocycles. The van der Waals surface area contributed by atoms with E-state index in [1.807, 2.05) is 6.07 Å². The lowest BCUT2D eigenvalue weighted by molar-refractivity contribution is -0.121. The number of carbonyl (C=O) groups excluding carboxylic acids is 4. The Hall–Kier alpha value is -5.41. The van der Waals surface area contributed by atoms with Crippen LogP contribution in [0.15, 0.2) is 109 Å². The van der Waals surface area contributed by atoms with Crippen molar-refractivity contribution in [3.8, 4) is 11.5 Å². The van der Waals surface area contributed by atoms with E-state index >= 15 is 0 Å². The first-order valence-electron chi connectivity index (χ1n) is 12.8. The molecular weight excluding hydrogens is 558 g/mol. The van der Waals surface area contributed by atoms with Crippen molar-refractivity contribution in [2.24, 2.45) is 0 Å². The Morgan fingerprint density at radius 2 is 1.33 bits per heavy atom. The molecule has 42 heavy (non-hydrogen) atoms. The molecule has 0 radical (unpaired) electrons. The van der Waals surface area contributed by atoms with Crippen LogP contribution in [0, 0.1) is 0 Å². The highest BCUT2D eigenvalue weighted by Crippen LogP contribution is 2.38. The zero-order chi connectivity index (χ0) is 29.6. The molecule has 1 aliphatic rings. The van der Waals surface area contributed by atoms with Gasteiger partial charge in [0, 0.05) is 5.69 Å². The van der Waals surface area contributed by atoms with Gasteiger partial charge in [0.05, 0.1) is 23.5 Å². The number of hydrogen-bond donors (Lipinski definition) is 1. The van der Waals surface area contributed by atoms with Gasteiger partial charge in [-0.05, 0) is 60.2 Å². The molecular formula is C32H24ClN3O6. The molecule has 1 aliphatic heterocycles. The number of nitrogens with one attached hydrogen (secondary N) is 1. The maximum Gasteiger partial charge on any atom is 0.343 e. The van der Waals surface area contributed by atoms with E-state index in [1.165, 1.54) is 25.3 Å². The minimum Gasteiger partial charge on any atom is -0.493 e. The van der Waals surface area contributed by atoms with Crippen molar-refractivity contribution in [2.45, 2.75) is 0 Å². The first-order chi connectivity index (χ1) is 20.4. The molecule has 210 valence electrons. The summed E-state index contributed by atoms with van der Waals surface area (Å²) in [5.74, 6) is -1.71. The van der Waals surface area contributed by atoms with Crippen LogP contribution >= 0.6 is 11.6 Å². The zero-order valence-corrected chi connectivity index (χ0v) is 23.1. The number of ether oxygens (including phenoxy) is 2. The number of benzene rings is 4. The van der Waals surface area contributed by atoms with E-state index in [2.05, 4.69) is 5.32 Å². The molecule has 0 spiro atoms. The van der Waals surface area contributed by atoms with E-state index in [-0.39, 0.29) is 28.7 Å². The minimum absolute atomic E-state index is 0.0836. The predicted molar refractivity (Wildman–Crippen MR) is 160 cm³/mol. The van der Waals surface area contributed by atoms with Crippen LogP contribution < -0.4 is 24.6 Å². The molecule has 1 N–H and O–H groups in total. The molecule has 4 aromatic carbocycles. The van der Waals surface area contributed by atoms with Gasteiger partial charge in [-0.2, -0.15) is 0 Å². The molecule has 0 saturated carbocycles. The fourth-order valence-corrected chi connectivity index (χ4v) is 4.60. The molecule has 0 bridgehead atoms. The number of hydrogen-bond acceptors (Lipinski definition) is 6. The average molecular weight is 582 g/mol. The number of imide groups is 2. The number of anilines is 3. The zero-order valence-electron chi connectivity index (χ0n) is 22.3. The van der Waals surface area contributed by atoms with E-state index in [1.54, 1.807) is 84.9 Å². The number of amides is 5. The highest BCUT2D eigenvalue weighted by atomic mass is 35.5. The Morgan fingerprint density at radius 3 is 1.86 bits per heavy atom. The van der Waals surface area contributed by atoms with Crippen LogP contribution in [0.4, 0.5) is 21.9 Å². The van der Waals surface area contributed by atoms with Gasteiger partial charge in [0.15, 0.2) is 18.1 Å². The minimum atomic E-state index is -0.798. The normalized spacial score (nSPS) is 13.2. The van der Waals surface area contributed by atoms with Crippen LogP contribution in [0.1, 0.15) is 5.56 Å². The van der Waals surface area contributed by atoms with Crippen LogP contribution in [0.2, 0.25) is 5.02 Å². The fraction of sp³-hybridized carbons (Fsp3) is 0.0625. The fourth-order valence-electron chi connectivity index (χ4n) is 4.33. The second-order valence-electron chi connectivity index (χ2n) is 9.03. The Bertz CT molecular complexity index is 1610. The SMILES string of the molecule is COc1cc(C=C2C(=O)N(c3ccccc3)C(=O)N(c3ccccc3)C2=O)cc(Cl)c1OCC(=O)Nc1ccccc1. The second kappa shape index (κ2) is 12.4. The number of nitrogens with zero attached hydrogens (tertiary/aromatic N) is 2. The van der Waals surface area contributed by atoms with Gasteiger partial charge in [0.25, 0.3) is 17.7 Å².